The van der Waals surface area contributed by atoms with Crippen molar-refractivity contribution in [2.24, 2.45) is 7.05 Å². The molecule has 86 valence electrons. The Hall–Kier alpha value is -0.940. The highest BCUT2D eigenvalue weighted by Gasteiger charge is 2.11. The highest BCUT2D eigenvalue weighted by Crippen LogP contribution is 2.10. The summed E-state index contributed by atoms with van der Waals surface area (Å²) in [6.45, 7) is 4.16. The largest absolute Gasteiger partial charge is 0.311 e. The van der Waals surface area contributed by atoms with Crippen LogP contribution in [0.25, 0.3) is 0 Å². The minimum Gasteiger partial charge on any atom is -0.311 e. The van der Waals surface area contributed by atoms with Gasteiger partial charge in [-0.3, -0.25) is 0 Å². The Morgan fingerprint density at radius 2 is 2.13 bits per heavy atom. The van der Waals surface area contributed by atoms with Crippen molar-refractivity contribution in [2.75, 3.05) is 27.2 Å². The fraction of sp³-hybridized carbons (Fsp3) is 0.700. The standard InChI is InChI=1S/C10H19FN4/c1-8-9(10(11)15(4)13-8)7-12-5-6-14(2)3/h12H,5-7H2,1-4H3. The first-order valence-corrected chi connectivity index (χ1v) is 5.05. The molecular weight excluding hydrogens is 195 g/mol. The molecule has 5 heteroatoms. The summed E-state index contributed by atoms with van der Waals surface area (Å²) in [5, 5.41) is 7.21. The molecule has 0 radical (unpaired) electrons. The molecule has 0 unspecified atom stereocenters. The molecule has 15 heavy (non-hydrogen) atoms. The first-order chi connectivity index (χ1) is 7.02. The third kappa shape index (κ3) is 3.28. The van der Waals surface area contributed by atoms with Gasteiger partial charge in [-0.05, 0) is 21.0 Å². The number of nitrogens with one attached hydrogen (secondary N) is 1. The zero-order valence-electron chi connectivity index (χ0n) is 9.84. The van der Waals surface area contributed by atoms with Gasteiger partial charge in [-0.25, -0.2) is 4.68 Å². The van der Waals surface area contributed by atoms with Gasteiger partial charge in [0.25, 0.3) is 0 Å². The number of rotatable bonds is 5. The Labute approximate surface area is 90.1 Å². The lowest BCUT2D eigenvalue weighted by Crippen LogP contribution is -2.26. The van der Waals surface area contributed by atoms with Crippen molar-refractivity contribution in [2.45, 2.75) is 13.5 Å². The quantitative estimate of drug-likeness (QED) is 0.725. The average molecular weight is 214 g/mol. The number of halogens is 1. The van der Waals surface area contributed by atoms with Crippen molar-refractivity contribution in [3.05, 3.63) is 17.2 Å². The van der Waals surface area contributed by atoms with Crippen LogP contribution in [0.1, 0.15) is 11.3 Å². The lowest BCUT2D eigenvalue weighted by Gasteiger charge is -2.09. The van der Waals surface area contributed by atoms with Gasteiger partial charge in [-0.15, -0.1) is 0 Å². The molecule has 0 aromatic carbocycles. The van der Waals surface area contributed by atoms with E-state index in [1.165, 1.54) is 4.68 Å². The van der Waals surface area contributed by atoms with Crippen LogP contribution in [0.3, 0.4) is 0 Å². The van der Waals surface area contributed by atoms with Crippen LogP contribution in [0.15, 0.2) is 0 Å². The van der Waals surface area contributed by atoms with Crippen molar-refractivity contribution in [3.8, 4) is 0 Å². The number of nitrogens with zero attached hydrogens (tertiary/aromatic N) is 3. The highest BCUT2D eigenvalue weighted by atomic mass is 19.1. The van der Waals surface area contributed by atoms with Gasteiger partial charge in [0.05, 0.1) is 5.69 Å². The molecule has 1 rings (SSSR count). The van der Waals surface area contributed by atoms with E-state index in [0.717, 1.165) is 18.8 Å². The van der Waals surface area contributed by atoms with Crippen LogP contribution < -0.4 is 5.32 Å². The SMILES string of the molecule is Cc1nn(C)c(F)c1CNCCN(C)C. The van der Waals surface area contributed by atoms with E-state index in [1.54, 1.807) is 7.05 Å². The van der Waals surface area contributed by atoms with Crippen molar-refractivity contribution in [1.29, 1.82) is 0 Å². The lowest BCUT2D eigenvalue weighted by atomic mass is 10.2. The van der Waals surface area contributed by atoms with Crippen molar-refractivity contribution in [1.82, 2.24) is 20.0 Å². The molecule has 1 aromatic rings. The van der Waals surface area contributed by atoms with E-state index in [1.807, 2.05) is 21.0 Å². The van der Waals surface area contributed by atoms with Gasteiger partial charge in [-0.2, -0.15) is 9.49 Å². The zero-order valence-corrected chi connectivity index (χ0v) is 9.84. The summed E-state index contributed by atoms with van der Waals surface area (Å²) >= 11 is 0. The Morgan fingerprint density at radius 1 is 1.47 bits per heavy atom. The first-order valence-electron chi connectivity index (χ1n) is 5.05. The van der Waals surface area contributed by atoms with Gasteiger partial charge in [-0.1, -0.05) is 0 Å². The molecule has 0 bridgehead atoms. The predicted octanol–water partition coefficient (Wildman–Crippen LogP) is 0.519. The van der Waals surface area contributed by atoms with Crippen LogP contribution in [0.4, 0.5) is 4.39 Å². The zero-order chi connectivity index (χ0) is 11.4. The molecule has 0 amide bonds. The normalized spacial score (nSPS) is 11.3. The summed E-state index contributed by atoms with van der Waals surface area (Å²) in [6.07, 6.45) is 0. The fourth-order valence-electron chi connectivity index (χ4n) is 1.39. The number of hydrogen-bond donors (Lipinski definition) is 1. The topological polar surface area (TPSA) is 33.1 Å². The summed E-state index contributed by atoms with van der Waals surface area (Å²) in [5.41, 5.74) is 1.42. The Morgan fingerprint density at radius 3 is 2.60 bits per heavy atom. The van der Waals surface area contributed by atoms with Crippen LogP contribution in [0.2, 0.25) is 0 Å². The van der Waals surface area contributed by atoms with Crippen LogP contribution in [-0.4, -0.2) is 41.9 Å². The van der Waals surface area contributed by atoms with Gasteiger partial charge in [0.1, 0.15) is 0 Å². The van der Waals surface area contributed by atoms with Gasteiger partial charge >= 0.3 is 0 Å². The molecule has 0 aliphatic rings. The molecule has 1 aromatic heterocycles. The lowest BCUT2D eigenvalue weighted by molar-refractivity contribution is 0.398. The van der Waals surface area contributed by atoms with E-state index in [2.05, 4.69) is 15.3 Å². The second-order valence-corrected chi connectivity index (χ2v) is 3.96. The molecule has 0 aliphatic carbocycles. The molecule has 0 saturated heterocycles. The summed E-state index contributed by atoms with van der Waals surface area (Å²) in [5.74, 6) is -0.246. The molecule has 0 spiro atoms. The third-order valence-electron chi connectivity index (χ3n) is 2.31. The monoisotopic (exact) mass is 214 g/mol. The van der Waals surface area contributed by atoms with Gasteiger partial charge in [0.15, 0.2) is 0 Å². The van der Waals surface area contributed by atoms with Crippen molar-refractivity contribution in [3.63, 3.8) is 0 Å². The molecule has 1 N–H and O–H groups in total. The third-order valence-corrected chi connectivity index (χ3v) is 2.31. The van der Waals surface area contributed by atoms with Gasteiger partial charge in [0.2, 0.25) is 5.95 Å². The second kappa shape index (κ2) is 5.23. The van der Waals surface area contributed by atoms with Crippen LogP contribution >= 0.6 is 0 Å². The second-order valence-electron chi connectivity index (χ2n) is 3.96. The van der Waals surface area contributed by atoms with Crippen molar-refractivity contribution >= 4 is 0 Å². The molecule has 0 saturated carbocycles. The molecule has 0 atom stereocenters. The summed E-state index contributed by atoms with van der Waals surface area (Å²) in [7, 11) is 5.64. The van der Waals surface area contributed by atoms with Gasteiger partial charge in [0, 0.05) is 32.2 Å². The van der Waals surface area contributed by atoms with E-state index in [-0.39, 0.29) is 5.95 Å². The van der Waals surface area contributed by atoms with E-state index in [9.17, 15) is 4.39 Å². The average Bonchev–Trinajstić information content (AvgIpc) is 2.37. The van der Waals surface area contributed by atoms with Crippen LogP contribution in [-0.2, 0) is 13.6 Å². The number of aromatic nitrogens is 2. The minimum absolute atomic E-state index is 0.246. The molecule has 0 aliphatic heterocycles. The van der Waals surface area contributed by atoms with Crippen molar-refractivity contribution < 1.29 is 4.39 Å². The molecule has 0 fully saturated rings. The van der Waals surface area contributed by atoms with Gasteiger partial charge < -0.3 is 10.2 Å². The van der Waals surface area contributed by atoms with E-state index < -0.39 is 0 Å². The van der Waals surface area contributed by atoms with E-state index >= 15 is 0 Å². The summed E-state index contributed by atoms with van der Waals surface area (Å²) < 4.78 is 14.7. The molecule has 4 nitrogen and oxygen atoms in total. The van der Waals surface area contributed by atoms with Crippen LogP contribution in [0, 0.1) is 12.9 Å². The van der Waals surface area contributed by atoms with E-state index in [4.69, 9.17) is 0 Å². The Bertz CT molecular complexity index is 319. The molecular formula is C10H19FN4. The molecule has 1 heterocycles. The predicted molar refractivity (Wildman–Crippen MR) is 58.2 cm³/mol. The number of hydrogen-bond acceptors (Lipinski definition) is 3. The highest BCUT2D eigenvalue weighted by molar-refractivity contribution is 5.16. The fourth-order valence-corrected chi connectivity index (χ4v) is 1.39. The summed E-state index contributed by atoms with van der Waals surface area (Å²) in [6, 6.07) is 0. The van der Waals surface area contributed by atoms with E-state index in [0.29, 0.717) is 12.1 Å². The Kier molecular flexibility index (Phi) is 4.23. The minimum atomic E-state index is -0.246. The number of aryl methyl sites for hydroxylation is 2. The Balaban J connectivity index is 2.44. The maximum atomic E-state index is 13.5. The first kappa shape index (κ1) is 12.1. The smallest absolute Gasteiger partial charge is 0.215 e. The number of likely N-dealkylation sites (N-methyl/N-ethyl adjacent to an activating group) is 1. The maximum absolute atomic E-state index is 13.5. The maximum Gasteiger partial charge on any atom is 0.215 e. The summed E-state index contributed by atoms with van der Waals surface area (Å²) in [4.78, 5) is 2.08. The van der Waals surface area contributed by atoms with Crippen LogP contribution in [0.5, 0.6) is 0 Å².